The van der Waals surface area contributed by atoms with Gasteiger partial charge in [0.15, 0.2) is 0 Å². The smallest absolute Gasteiger partial charge is 0.0695 e. The zero-order valence-corrected chi connectivity index (χ0v) is 10.9. The Balaban J connectivity index is 1.86. The molecule has 1 heterocycles. The molecule has 1 saturated heterocycles. The molecular weight excluding hydrogens is 216 g/mol. The van der Waals surface area contributed by atoms with Gasteiger partial charge < -0.3 is 15.2 Å². The van der Waals surface area contributed by atoms with Gasteiger partial charge in [-0.1, -0.05) is 0 Å². The molecule has 0 radical (unpaired) electrons. The van der Waals surface area contributed by atoms with Crippen LogP contribution in [0.5, 0.6) is 0 Å². The van der Waals surface area contributed by atoms with Gasteiger partial charge in [0.2, 0.25) is 0 Å². The van der Waals surface area contributed by atoms with Gasteiger partial charge in [-0.25, -0.2) is 0 Å². The van der Waals surface area contributed by atoms with Gasteiger partial charge in [-0.15, -0.1) is 0 Å². The molecular formula is C13H26N2O2. The molecule has 4 nitrogen and oxygen atoms in total. The Kier molecular flexibility index (Phi) is 5.22. The summed E-state index contributed by atoms with van der Waals surface area (Å²) in [6.07, 6.45) is 5.69. The SMILES string of the molecule is COCCN(CC1CCCN1)C1CCCC1O. The molecule has 0 bridgehead atoms. The molecule has 1 saturated carbocycles. The number of ether oxygens (including phenoxy) is 1. The number of aliphatic hydroxyl groups is 1. The Hall–Kier alpha value is -0.160. The summed E-state index contributed by atoms with van der Waals surface area (Å²) in [7, 11) is 1.75. The number of nitrogens with zero attached hydrogens (tertiary/aromatic N) is 1. The fraction of sp³-hybridized carbons (Fsp3) is 1.00. The van der Waals surface area contributed by atoms with E-state index < -0.39 is 0 Å². The topological polar surface area (TPSA) is 44.7 Å². The second-order valence-electron chi connectivity index (χ2n) is 5.35. The molecule has 0 aromatic carbocycles. The lowest BCUT2D eigenvalue weighted by molar-refractivity contribution is 0.0474. The Morgan fingerprint density at radius 1 is 1.29 bits per heavy atom. The van der Waals surface area contributed by atoms with Crippen LogP contribution in [0.3, 0.4) is 0 Å². The molecule has 17 heavy (non-hydrogen) atoms. The van der Waals surface area contributed by atoms with Gasteiger partial charge >= 0.3 is 0 Å². The Bertz CT molecular complexity index is 219. The van der Waals surface area contributed by atoms with Gasteiger partial charge in [0, 0.05) is 32.3 Å². The highest BCUT2D eigenvalue weighted by molar-refractivity contribution is 4.88. The minimum atomic E-state index is -0.131. The molecule has 3 atom stereocenters. The summed E-state index contributed by atoms with van der Waals surface area (Å²) in [5.74, 6) is 0. The second kappa shape index (κ2) is 6.69. The van der Waals surface area contributed by atoms with Crippen LogP contribution in [-0.2, 0) is 4.74 Å². The number of hydrogen-bond acceptors (Lipinski definition) is 4. The van der Waals surface area contributed by atoms with Crippen LogP contribution in [0.2, 0.25) is 0 Å². The summed E-state index contributed by atoms with van der Waals surface area (Å²) in [5, 5.41) is 13.6. The van der Waals surface area contributed by atoms with Gasteiger partial charge in [-0.2, -0.15) is 0 Å². The highest BCUT2D eigenvalue weighted by atomic mass is 16.5. The second-order valence-corrected chi connectivity index (χ2v) is 5.35. The lowest BCUT2D eigenvalue weighted by Gasteiger charge is -2.33. The standard InChI is InChI=1S/C13H26N2O2/c1-17-9-8-15(10-11-4-3-7-14-11)12-5-2-6-13(12)16/h11-14,16H,2-10H2,1H3. The van der Waals surface area contributed by atoms with Gasteiger partial charge in [0.1, 0.15) is 0 Å². The van der Waals surface area contributed by atoms with Crippen molar-refractivity contribution < 1.29 is 9.84 Å². The van der Waals surface area contributed by atoms with Crippen LogP contribution >= 0.6 is 0 Å². The van der Waals surface area contributed by atoms with E-state index in [1.165, 1.54) is 12.8 Å². The van der Waals surface area contributed by atoms with Crippen LogP contribution in [0, 0.1) is 0 Å². The van der Waals surface area contributed by atoms with Crippen molar-refractivity contribution in [3.05, 3.63) is 0 Å². The Morgan fingerprint density at radius 2 is 2.18 bits per heavy atom. The largest absolute Gasteiger partial charge is 0.391 e. The minimum Gasteiger partial charge on any atom is -0.391 e. The number of nitrogens with one attached hydrogen (secondary N) is 1. The molecule has 3 unspecified atom stereocenters. The maximum atomic E-state index is 10.0. The zero-order valence-electron chi connectivity index (χ0n) is 10.9. The van der Waals surface area contributed by atoms with Gasteiger partial charge in [-0.05, 0) is 38.6 Å². The molecule has 0 aromatic heterocycles. The maximum absolute atomic E-state index is 10.0. The highest BCUT2D eigenvalue weighted by Gasteiger charge is 2.32. The van der Waals surface area contributed by atoms with Crippen molar-refractivity contribution in [1.29, 1.82) is 0 Å². The summed E-state index contributed by atoms with van der Waals surface area (Å²) >= 11 is 0. The molecule has 4 heteroatoms. The van der Waals surface area contributed by atoms with E-state index in [0.29, 0.717) is 12.1 Å². The first kappa shape index (κ1) is 13.3. The van der Waals surface area contributed by atoms with Crippen molar-refractivity contribution in [3.63, 3.8) is 0 Å². The molecule has 1 aliphatic carbocycles. The van der Waals surface area contributed by atoms with Crippen molar-refractivity contribution in [2.24, 2.45) is 0 Å². The molecule has 1 aliphatic heterocycles. The third-order valence-corrected chi connectivity index (χ3v) is 4.11. The summed E-state index contributed by atoms with van der Waals surface area (Å²) in [5.41, 5.74) is 0. The van der Waals surface area contributed by atoms with Gasteiger partial charge in [-0.3, -0.25) is 4.90 Å². The number of aliphatic hydroxyl groups excluding tert-OH is 1. The van der Waals surface area contributed by atoms with E-state index in [4.69, 9.17) is 4.74 Å². The van der Waals surface area contributed by atoms with Gasteiger partial charge in [0.25, 0.3) is 0 Å². The summed E-state index contributed by atoms with van der Waals surface area (Å²) in [6.45, 7) is 3.91. The van der Waals surface area contributed by atoms with E-state index in [1.807, 2.05) is 0 Å². The molecule has 0 spiro atoms. The first-order valence-electron chi connectivity index (χ1n) is 6.95. The van der Waals surface area contributed by atoms with Crippen molar-refractivity contribution in [2.75, 3.05) is 33.4 Å². The molecule has 2 N–H and O–H groups in total. The summed E-state index contributed by atoms with van der Waals surface area (Å²) < 4.78 is 5.19. The lowest BCUT2D eigenvalue weighted by atomic mass is 10.1. The Morgan fingerprint density at radius 3 is 2.76 bits per heavy atom. The highest BCUT2D eigenvalue weighted by Crippen LogP contribution is 2.24. The molecule has 2 rings (SSSR count). The van der Waals surface area contributed by atoms with Crippen LogP contribution in [-0.4, -0.2) is 61.5 Å². The molecule has 2 aliphatic rings. The normalized spacial score (nSPS) is 33.7. The molecule has 100 valence electrons. The number of rotatable bonds is 6. The fourth-order valence-electron chi connectivity index (χ4n) is 3.14. The predicted octanol–water partition coefficient (Wildman–Crippen LogP) is 0.600. The monoisotopic (exact) mass is 242 g/mol. The molecule has 2 fully saturated rings. The van der Waals surface area contributed by atoms with Crippen LogP contribution in [0.1, 0.15) is 32.1 Å². The fourth-order valence-corrected chi connectivity index (χ4v) is 3.14. The van der Waals surface area contributed by atoms with Gasteiger partial charge in [0.05, 0.1) is 12.7 Å². The van der Waals surface area contributed by atoms with E-state index in [0.717, 1.165) is 45.5 Å². The van der Waals surface area contributed by atoms with Crippen molar-refractivity contribution >= 4 is 0 Å². The third-order valence-electron chi connectivity index (χ3n) is 4.11. The van der Waals surface area contributed by atoms with Crippen molar-refractivity contribution in [3.8, 4) is 0 Å². The van der Waals surface area contributed by atoms with Crippen molar-refractivity contribution in [2.45, 2.75) is 50.3 Å². The summed E-state index contributed by atoms with van der Waals surface area (Å²) in [4.78, 5) is 2.43. The summed E-state index contributed by atoms with van der Waals surface area (Å²) in [6, 6.07) is 0.965. The number of hydrogen-bond donors (Lipinski definition) is 2. The van der Waals surface area contributed by atoms with E-state index in [9.17, 15) is 5.11 Å². The van der Waals surface area contributed by atoms with E-state index in [2.05, 4.69) is 10.2 Å². The van der Waals surface area contributed by atoms with Crippen LogP contribution in [0.25, 0.3) is 0 Å². The first-order chi connectivity index (χ1) is 8.31. The maximum Gasteiger partial charge on any atom is 0.0695 e. The van der Waals surface area contributed by atoms with E-state index in [-0.39, 0.29) is 6.10 Å². The third kappa shape index (κ3) is 3.65. The quantitative estimate of drug-likeness (QED) is 0.716. The van der Waals surface area contributed by atoms with Crippen LogP contribution in [0.15, 0.2) is 0 Å². The Labute approximate surface area is 104 Å². The lowest BCUT2D eigenvalue weighted by Crippen LogP contribution is -2.47. The van der Waals surface area contributed by atoms with Crippen LogP contribution in [0.4, 0.5) is 0 Å². The predicted molar refractivity (Wildman–Crippen MR) is 68.1 cm³/mol. The van der Waals surface area contributed by atoms with Crippen LogP contribution < -0.4 is 5.32 Å². The average Bonchev–Trinajstić information content (AvgIpc) is 2.95. The van der Waals surface area contributed by atoms with E-state index in [1.54, 1.807) is 7.11 Å². The molecule has 0 aromatic rings. The number of methoxy groups -OCH3 is 1. The average molecular weight is 242 g/mol. The van der Waals surface area contributed by atoms with E-state index >= 15 is 0 Å². The molecule has 0 amide bonds. The first-order valence-corrected chi connectivity index (χ1v) is 6.95. The van der Waals surface area contributed by atoms with Crippen molar-refractivity contribution in [1.82, 2.24) is 10.2 Å². The minimum absolute atomic E-state index is 0.131. The zero-order chi connectivity index (χ0) is 12.1.